The molecule has 1 aromatic rings. The third-order valence-electron chi connectivity index (χ3n) is 3.51. The Hall–Kier alpha value is -0.900. The highest BCUT2D eigenvalue weighted by molar-refractivity contribution is 6.31. The van der Waals surface area contributed by atoms with Gasteiger partial charge in [0.15, 0.2) is 5.78 Å². The monoisotopic (exact) mass is 253 g/mol. The number of hydrogen-bond donors (Lipinski definition) is 2. The van der Waals surface area contributed by atoms with Gasteiger partial charge in [0.2, 0.25) is 0 Å². The molecule has 0 heterocycles. The van der Waals surface area contributed by atoms with E-state index in [2.05, 4.69) is 5.32 Å². The van der Waals surface area contributed by atoms with Crippen LogP contribution in [0.15, 0.2) is 24.3 Å². The summed E-state index contributed by atoms with van der Waals surface area (Å²) in [7, 11) is 1.74. The maximum absolute atomic E-state index is 12.3. The summed E-state index contributed by atoms with van der Waals surface area (Å²) in [6, 6.07) is 7.30. The number of benzene rings is 1. The van der Waals surface area contributed by atoms with E-state index in [1.54, 1.807) is 13.1 Å². The van der Waals surface area contributed by atoms with Crippen LogP contribution in [0, 0.1) is 0 Å². The van der Waals surface area contributed by atoms with Crippen molar-refractivity contribution in [1.29, 1.82) is 0 Å². The van der Waals surface area contributed by atoms with Gasteiger partial charge in [0.05, 0.1) is 0 Å². The standard InChI is InChI=1S/C13H16ClNO2/c1-15-13(8-4-7-11(16)12(13)17)9-5-2-3-6-10(9)14/h2-3,5-6,11,15-16H,4,7-8H2,1H3/t11?,13-/m0/s1. The van der Waals surface area contributed by atoms with Crippen LogP contribution < -0.4 is 5.32 Å². The first-order valence-corrected chi connectivity index (χ1v) is 6.16. The van der Waals surface area contributed by atoms with Crippen LogP contribution in [0.3, 0.4) is 0 Å². The van der Waals surface area contributed by atoms with Gasteiger partial charge in [-0.1, -0.05) is 29.8 Å². The first-order chi connectivity index (χ1) is 8.12. The number of ketones is 1. The number of Topliss-reactive ketones (excluding diaryl/α,β-unsaturated/α-hetero) is 1. The van der Waals surface area contributed by atoms with Crippen molar-refractivity contribution < 1.29 is 9.90 Å². The predicted molar refractivity (Wildman–Crippen MR) is 67.1 cm³/mol. The zero-order chi connectivity index (χ0) is 12.5. The molecule has 0 bridgehead atoms. The lowest BCUT2D eigenvalue weighted by atomic mass is 9.74. The van der Waals surface area contributed by atoms with Crippen molar-refractivity contribution in [2.45, 2.75) is 30.9 Å². The zero-order valence-corrected chi connectivity index (χ0v) is 10.5. The average molecular weight is 254 g/mol. The summed E-state index contributed by atoms with van der Waals surface area (Å²) in [4.78, 5) is 12.3. The van der Waals surface area contributed by atoms with Crippen molar-refractivity contribution in [3.8, 4) is 0 Å². The molecule has 2 atom stereocenters. The van der Waals surface area contributed by atoms with Crippen molar-refractivity contribution in [1.82, 2.24) is 5.32 Å². The predicted octanol–water partition coefficient (Wildman–Crippen LogP) is 1.87. The van der Waals surface area contributed by atoms with Gasteiger partial charge in [-0.25, -0.2) is 0 Å². The second kappa shape index (κ2) is 4.77. The van der Waals surface area contributed by atoms with Gasteiger partial charge in [-0.15, -0.1) is 0 Å². The molecule has 1 aliphatic carbocycles. The molecule has 0 saturated heterocycles. The largest absolute Gasteiger partial charge is 0.385 e. The van der Waals surface area contributed by atoms with E-state index >= 15 is 0 Å². The first kappa shape index (κ1) is 12.6. The molecule has 4 heteroatoms. The average Bonchev–Trinajstić information content (AvgIpc) is 2.34. The van der Waals surface area contributed by atoms with Gasteiger partial charge in [-0.2, -0.15) is 0 Å². The summed E-state index contributed by atoms with van der Waals surface area (Å²) in [5.41, 5.74) is -0.0800. The molecule has 0 spiro atoms. The van der Waals surface area contributed by atoms with E-state index in [1.165, 1.54) is 0 Å². The molecule has 2 N–H and O–H groups in total. The van der Waals surface area contributed by atoms with Crippen LogP contribution >= 0.6 is 11.6 Å². The summed E-state index contributed by atoms with van der Waals surface area (Å²) in [6.07, 6.45) is 1.11. The van der Waals surface area contributed by atoms with Crippen LogP contribution in [0.25, 0.3) is 0 Å². The SMILES string of the molecule is CN[C@]1(c2ccccc2Cl)CCCC(O)C1=O. The highest BCUT2D eigenvalue weighted by Crippen LogP contribution is 2.37. The van der Waals surface area contributed by atoms with Crippen molar-refractivity contribution in [3.05, 3.63) is 34.9 Å². The van der Waals surface area contributed by atoms with E-state index in [1.807, 2.05) is 18.2 Å². The van der Waals surface area contributed by atoms with Gasteiger partial charge in [-0.05, 0) is 37.9 Å². The minimum Gasteiger partial charge on any atom is -0.385 e. The molecule has 0 amide bonds. The van der Waals surface area contributed by atoms with Crippen LogP contribution in [0.1, 0.15) is 24.8 Å². The Morgan fingerprint density at radius 1 is 1.47 bits per heavy atom. The molecule has 2 rings (SSSR count). The third-order valence-corrected chi connectivity index (χ3v) is 3.84. The first-order valence-electron chi connectivity index (χ1n) is 5.78. The van der Waals surface area contributed by atoms with Crippen LogP contribution in [-0.2, 0) is 10.3 Å². The minimum absolute atomic E-state index is 0.181. The second-order valence-corrected chi connectivity index (χ2v) is 4.81. The summed E-state index contributed by atoms with van der Waals surface area (Å²) >= 11 is 6.17. The fourth-order valence-electron chi connectivity index (χ4n) is 2.56. The topological polar surface area (TPSA) is 49.3 Å². The molecule has 3 nitrogen and oxygen atoms in total. The van der Waals surface area contributed by atoms with Crippen molar-refractivity contribution in [2.75, 3.05) is 7.05 Å². The lowest BCUT2D eigenvalue weighted by molar-refractivity contribution is -0.137. The maximum Gasteiger partial charge on any atom is 0.185 e. The Morgan fingerprint density at radius 3 is 2.82 bits per heavy atom. The van der Waals surface area contributed by atoms with E-state index in [4.69, 9.17) is 11.6 Å². The normalized spacial score (nSPS) is 29.4. The number of carbonyl (C=O) groups excluding carboxylic acids is 1. The molecule has 0 aromatic heterocycles. The van der Waals surface area contributed by atoms with Crippen molar-refractivity contribution in [3.63, 3.8) is 0 Å². The lowest BCUT2D eigenvalue weighted by Crippen LogP contribution is -2.54. The van der Waals surface area contributed by atoms with Gasteiger partial charge >= 0.3 is 0 Å². The lowest BCUT2D eigenvalue weighted by Gasteiger charge is -2.38. The smallest absolute Gasteiger partial charge is 0.185 e. The summed E-state index contributed by atoms with van der Waals surface area (Å²) < 4.78 is 0. The van der Waals surface area contributed by atoms with E-state index in [9.17, 15) is 9.90 Å². The molecule has 1 fully saturated rings. The molecule has 0 radical (unpaired) electrons. The van der Waals surface area contributed by atoms with Gasteiger partial charge in [0.1, 0.15) is 11.6 Å². The van der Waals surface area contributed by atoms with Gasteiger partial charge < -0.3 is 10.4 Å². The Bertz CT molecular complexity index is 435. The van der Waals surface area contributed by atoms with Crippen LogP contribution in [-0.4, -0.2) is 24.0 Å². The van der Waals surface area contributed by atoms with Gasteiger partial charge in [0, 0.05) is 5.02 Å². The number of carbonyl (C=O) groups is 1. The number of rotatable bonds is 2. The molecule has 1 saturated carbocycles. The van der Waals surface area contributed by atoms with E-state index in [0.717, 1.165) is 12.0 Å². The number of aliphatic hydroxyl groups excluding tert-OH is 1. The number of aliphatic hydroxyl groups is 1. The molecule has 0 aliphatic heterocycles. The van der Waals surface area contributed by atoms with Crippen molar-refractivity contribution >= 4 is 17.4 Å². The minimum atomic E-state index is -0.896. The van der Waals surface area contributed by atoms with E-state index < -0.39 is 11.6 Å². The molecular weight excluding hydrogens is 238 g/mol. The molecule has 92 valence electrons. The van der Waals surface area contributed by atoms with Crippen LogP contribution in [0.5, 0.6) is 0 Å². The Balaban J connectivity index is 2.50. The number of halogens is 1. The highest BCUT2D eigenvalue weighted by Gasteiger charge is 2.45. The third kappa shape index (κ3) is 1.99. The van der Waals surface area contributed by atoms with E-state index in [0.29, 0.717) is 17.9 Å². The fraction of sp³-hybridized carbons (Fsp3) is 0.462. The summed E-state index contributed by atoms with van der Waals surface area (Å²) in [5, 5.41) is 13.4. The quantitative estimate of drug-likeness (QED) is 0.846. The maximum atomic E-state index is 12.3. The molecule has 1 aliphatic rings. The number of likely N-dealkylation sites (N-methyl/N-ethyl adjacent to an activating group) is 1. The highest BCUT2D eigenvalue weighted by atomic mass is 35.5. The van der Waals surface area contributed by atoms with E-state index in [-0.39, 0.29) is 5.78 Å². The number of nitrogens with one attached hydrogen (secondary N) is 1. The fourth-order valence-corrected chi connectivity index (χ4v) is 2.85. The Morgan fingerprint density at radius 2 is 2.18 bits per heavy atom. The van der Waals surface area contributed by atoms with Crippen LogP contribution in [0.2, 0.25) is 5.02 Å². The second-order valence-electron chi connectivity index (χ2n) is 4.41. The Kier molecular flexibility index (Phi) is 3.52. The summed E-state index contributed by atoms with van der Waals surface area (Å²) in [5.74, 6) is -0.181. The zero-order valence-electron chi connectivity index (χ0n) is 9.74. The molecule has 1 aromatic carbocycles. The Labute approximate surface area is 106 Å². The molecular formula is C13H16ClNO2. The van der Waals surface area contributed by atoms with Gasteiger partial charge in [-0.3, -0.25) is 4.79 Å². The summed E-state index contributed by atoms with van der Waals surface area (Å²) in [6.45, 7) is 0. The van der Waals surface area contributed by atoms with Crippen molar-refractivity contribution in [2.24, 2.45) is 0 Å². The molecule has 1 unspecified atom stereocenters. The van der Waals surface area contributed by atoms with Gasteiger partial charge in [0.25, 0.3) is 0 Å². The molecule has 17 heavy (non-hydrogen) atoms. The number of hydrogen-bond acceptors (Lipinski definition) is 3. The van der Waals surface area contributed by atoms with Crippen LogP contribution in [0.4, 0.5) is 0 Å².